The molecular weight excluding hydrogens is 314 g/mol. The summed E-state index contributed by atoms with van der Waals surface area (Å²) < 4.78 is 23.2. The molecule has 3 aromatic heterocycles. The van der Waals surface area contributed by atoms with Crippen LogP contribution in [0.5, 0.6) is 0 Å². The van der Waals surface area contributed by atoms with E-state index in [2.05, 4.69) is 20.0 Å². The van der Waals surface area contributed by atoms with Crippen molar-refractivity contribution >= 4 is 16.7 Å². The molecule has 25 heavy (non-hydrogen) atoms. The number of aromatic nitrogens is 4. The first kappa shape index (κ1) is 12.7. The van der Waals surface area contributed by atoms with Crippen LogP contribution in [0.15, 0.2) is 36.8 Å². The number of carbonyl (C=O) groups excluding carboxylic acids is 1. The van der Waals surface area contributed by atoms with Crippen molar-refractivity contribution in [1.29, 1.82) is 0 Å². The summed E-state index contributed by atoms with van der Waals surface area (Å²) in [6.45, 7) is 0.140. The summed E-state index contributed by atoms with van der Waals surface area (Å²) in [6, 6.07) is 5.52. The van der Waals surface area contributed by atoms with Gasteiger partial charge in [0.1, 0.15) is 0 Å². The summed E-state index contributed by atoms with van der Waals surface area (Å²) in [5.74, 6) is 0.156. The topological polar surface area (TPSA) is 63.9 Å². The Morgan fingerprint density at radius 1 is 1.28 bits per heavy atom. The highest BCUT2D eigenvalue weighted by atomic mass is 16.1. The molecule has 4 rings (SSSR count). The van der Waals surface area contributed by atoms with Crippen LogP contribution >= 0.6 is 0 Å². The SMILES string of the molecule is [2H]C([2H])([2H])n1cc(-c2ccc3cnc(CC(=O)CN4CCCC4)cc3n2)cn1. The summed E-state index contributed by atoms with van der Waals surface area (Å²) in [4.78, 5) is 23.5. The zero-order valence-electron chi connectivity index (χ0n) is 16.9. The Hall–Kier alpha value is -2.60. The van der Waals surface area contributed by atoms with Gasteiger partial charge in [0.25, 0.3) is 0 Å². The number of carbonyl (C=O) groups is 1. The molecule has 0 unspecified atom stereocenters. The van der Waals surface area contributed by atoms with Crippen LogP contribution in [0, 0.1) is 0 Å². The van der Waals surface area contributed by atoms with E-state index in [9.17, 15) is 4.79 Å². The minimum absolute atomic E-state index is 0.156. The van der Waals surface area contributed by atoms with Gasteiger partial charge in [-0.2, -0.15) is 5.10 Å². The van der Waals surface area contributed by atoms with Crippen molar-refractivity contribution in [1.82, 2.24) is 24.6 Å². The maximum absolute atomic E-state index is 12.3. The van der Waals surface area contributed by atoms with Gasteiger partial charge in [0.15, 0.2) is 5.78 Å². The van der Waals surface area contributed by atoms with Gasteiger partial charge < -0.3 is 0 Å². The number of Topliss-reactive ketones (excluding diaryl/α,β-unsaturated/α-hetero) is 1. The lowest BCUT2D eigenvalue weighted by Crippen LogP contribution is -2.27. The van der Waals surface area contributed by atoms with Crippen molar-refractivity contribution in [2.75, 3.05) is 19.6 Å². The summed E-state index contributed by atoms with van der Waals surface area (Å²) in [5, 5.41) is 4.77. The van der Waals surface area contributed by atoms with E-state index >= 15 is 0 Å². The number of ketones is 1. The Balaban J connectivity index is 1.55. The molecule has 128 valence electrons. The molecule has 0 radical (unpaired) electrons. The van der Waals surface area contributed by atoms with E-state index in [4.69, 9.17) is 4.11 Å². The average Bonchev–Trinajstić information content (AvgIpc) is 3.32. The number of hydrogen-bond acceptors (Lipinski definition) is 5. The lowest BCUT2D eigenvalue weighted by Gasteiger charge is -2.13. The van der Waals surface area contributed by atoms with E-state index in [-0.39, 0.29) is 12.2 Å². The molecule has 1 saturated heterocycles. The van der Waals surface area contributed by atoms with Gasteiger partial charge in [-0.05, 0) is 44.1 Å². The van der Waals surface area contributed by atoms with E-state index in [0.29, 0.717) is 23.5 Å². The van der Waals surface area contributed by atoms with Gasteiger partial charge in [-0.3, -0.25) is 19.4 Å². The van der Waals surface area contributed by atoms with Gasteiger partial charge >= 0.3 is 0 Å². The third-order valence-corrected chi connectivity index (χ3v) is 4.49. The Bertz CT molecular complexity index is 1010. The molecule has 3 aromatic rings. The van der Waals surface area contributed by atoms with E-state index in [1.807, 2.05) is 18.2 Å². The molecule has 0 spiro atoms. The van der Waals surface area contributed by atoms with Crippen LogP contribution in [-0.4, -0.2) is 50.1 Å². The molecule has 6 heteroatoms. The highest BCUT2D eigenvalue weighted by molar-refractivity contribution is 5.85. The first-order valence-electron chi connectivity index (χ1n) is 9.94. The monoisotopic (exact) mass is 338 g/mol. The number of hydrogen-bond donors (Lipinski definition) is 0. The minimum Gasteiger partial charge on any atom is -0.298 e. The first-order chi connectivity index (χ1) is 13.4. The molecule has 0 saturated carbocycles. The molecular formula is C19H21N5O. The van der Waals surface area contributed by atoms with E-state index in [1.54, 1.807) is 6.20 Å². The molecule has 0 amide bonds. The number of fused-ring (bicyclic) bond motifs is 1. The largest absolute Gasteiger partial charge is 0.298 e. The lowest BCUT2D eigenvalue weighted by atomic mass is 10.1. The minimum atomic E-state index is -2.32. The van der Waals surface area contributed by atoms with Gasteiger partial charge in [0, 0.05) is 40.1 Å². The highest BCUT2D eigenvalue weighted by Gasteiger charge is 2.16. The molecule has 4 heterocycles. The second kappa shape index (κ2) is 6.72. The third kappa shape index (κ3) is 3.58. The van der Waals surface area contributed by atoms with Crippen LogP contribution in [0.3, 0.4) is 0 Å². The van der Waals surface area contributed by atoms with Gasteiger partial charge in [0.2, 0.25) is 0 Å². The predicted molar refractivity (Wildman–Crippen MR) is 96.1 cm³/mol. The third-order valence-electron chi connectivity index (χ3n) is 4.49. The van der Waals surface area contributed by atoms with Crippen molar-refractivity contribution in [2.24, 2.45) is 6.98 Å². The van der Waals surface area contributed by atoms with Crippen molar-refractivity contribution < 1.29 is 8.91 Å². The predicted octanol–water partition coefficient (Wildman–Crippen LogP) is 2.24. The number of nitrogens with zero attached hydrogens (tertiary/aromatic N) is 5. The number of pyridine rings is 2. The smallest absolute Gasteiger partial charge is 0.152 e. The van der Waals surface area contributed by atoms with Crippen molar-refractivity contribution in [2.45, 2.75) is 19.3 Å². The van der Waals surface area contributed by atoms with E-state index in [0.717, 1.165) is 41.5 Å². The number of likely N-dealkylation sites (tertiary alicyclic amines) is 1. The molecule has 0 aliphatic carbocycles. The summed E-state index contributed by atoms with van der Waals surface area (Å²) in [6.07, 6.45) is 7.27. The maximum Gasteiger partial charge on any atom is 0.152 e. The van der Waals surface area contributed by atoms with Crippen LogP contribution in [0.25, 0.3) is 22.2 Å². The van der Waals surface area contributed by atoms with Crippen molar-refractivity contribution in [3.8, 4) is 11.3 Å². The second-order valence-electron chi connectivity index (χ2n) is 6.44. The van der Waals surface area contributed by atoms with Crippen LogP contribution < -0.4 is 0 Å². The Morgan fingerprint density at radius 3 is 2.96 bits per heavy atom. The molecule has 0 N–H and O–H groups in total. The van der Waals surface area contributed by atoms with Crippen LogP contribution in [0.2, 0.25) is 0 Å². The average molecular weight is 338 g/mol. The number of aryl methyl sites for hydroxylation is 1. The first-order valence-corrected chi connectivity index (χ1v) is 8.44. The maximum atomic E-state index is 12.3. The van der Waals surface area contributed by atoms with Crippen LogP contribution in [-0.2, 0) is 18.2 Å². The van der Waals surface area contributed by atoms with Gasteiger partial charge in [0.05, 0.1) is 30.4 Å². The fourth-order valence-electron chi connectivity index (χ4n) is 3.22. The quantitative estimate of drug-likeness (QED) is 0.714. The lowest BCUT2D eigenvalue weighted by molar-refractivity contribution is -0.119. The Morgan fingerprint density at radius 2 is 2.16 bits per heavy atom. The standard InChI is InChI=1S/C19H21N5O/c1-23-12-15(11-21-23)18-5-4-14-10-20-16(9-19(14)22-18)8-17(25)13-24-6-2-3-7-24/h4-5,9-12H,2-3,6-8,13H2,1H3/i1D3. The van der Waals surface area contributed by atoms with Gasteiger partial charge in [-0.1, -0.05) is 0 Å². The molecule has 1 aliphatic heterocycles. The van der Waals surface area contributed by atoms with Crippen LogP contribution in [0.4, 0.5) is 0 Å². The zero-order valence-corrected chi connectivity index (χ0v) is 13.9. The summed E-state index contributed by atoms with van der Waals surface area (Å²) >= 11 is 0. The molecule has 0 bridgehead atoms. The molecule has 1 aliphatic rings. The molecule has 0 atom stereocenters. The summed E-state index contributed by atoms with van der Waals surface area (Å²) in [5.41, 5.74) is 2.67. The van der Waals surface area contributed by atoms with Gasteiger partial charge in [-0.15, -0.1) is 0 Å². The Kier molecular flexibility index (Phi) is 3.42. The van der Waals surface area contributed by atoms with Gasteiger partial charge in [-0.25, -0.2) is 4.98 Å². The molecule has 1 fully saturated rings. The molecule has 0 aromatic carbocycles. The fourth-order valence-corrected chi connectivity index (χ4v) is 3.22. The highest BCUT2D eigenvalue weighted by Crippen LogP contribution is 2.20. The molecule has 6 nitrogen and oxygen atoms in total. The second-order valence-corrected chi connectivity index (χ2v) is 6.44. The van der Waals surface area contributed by atoms with E-state index < -0.39 is 6.98 Å². The zero-order chi connectivity index (χ0) is 19.7. The number of rotatable bonds is 5. The summed E-state index contributed by atoms with van der Waals surface area (Å²) in [7, 11) is 0. The van der Waals surface area contributed by atoms with Crippen LogP contribution in [0.1, 0.15) is 22.6 Å². The van der Waals surface area contributed by atoms with E-state index in [1.165, 1.54) is 12.4 Å². The van der Waals surface area contributed by atoms with Crippen molar-refractivity contribution in [3.05, 3.63) is 42.5 Å². The normalized spacial score (nSPS) is 17.4. The fraction of sp³-hybridized carbons (Fsp3) is 0.368. The Labute approximate surface area is 150 Å². The van der Waals surface area contributed by atoms with Crippen molar-refractivity contribution in [3.63, 3.8) is 0 Å².